The van der Waals surface area contributed by atoms with Gasteiger partial charge in [-0.25, -0.2) is 0 Å². The number of carbonyl (C=O) groups is 1. The van der Waals surface area contributed by atoms with E-state index >= 15 is 0 Å². The first-order valence-electron chi connectivity index (χ1n) is 27.9. The van der Waals surface area contributed by atoms with Gasteiger partial charge in [-0.05, 0) is 64.2 Å². The molecule has 0 bridgehead atoms. The van der Waals surface area contributed by atoms with E-state index in [1.807, 2.05) is 0 Å². The van der Waals surface area contributed by atoms with Crippen LogP contribution < -0.4 is 5.32 Å². The molecule has 63 heavy (non-hydrogen) atoms. The third kappa shape index (κ3) is 45.5. The van der Waals surface area contributed by atoms with Gasteiger partial charge in [0.2, 0.25) is 5.91 Å². The number of hydrogen-bond donors (Lipinski definition) is 5. The first-order chi connectivity index (χ1) is 31.0. The van der Waals surface area contributed by atoms with E-state index in [1.165, 1.54) is 205 Å². The van der Waals surface area contributed by atoms with Gasteiger partial charge in [-0.15, -0.1) is 0 Å². The molecule has 0 fully saturated rings. The highest BCUT2D eigenvalue weighted by molar-refractivity contribution is 5.80. The summed E-state index contributed by atoms with van der Waals surface area (Å²) in [6, 6.07) is -1.01. The third-order valence-corrected chi connectivity index (χ3v) is 13.1. The van der Waals surface area contributed by atoms with E-state index < -0.39 is 36.9 Å². The molecule has 4 atom stereocenters. The van der Waals surface area contributed by atoms with E-state index in [1.54, 1.807) is 0 Å². The maximum absolute atomic E-state index is 12.6. The molecular weight excluding hydrogens is 779 g/mol. The number of carbonyl (C=O) groups excluding carboxylic acids is 1. The van der Waals surface area contributed by atoms with Crippen molar-refractivity contribution in [2.24, 2.45) is 0 Å². The van der Waals surface area contributed by atoms with Crippen molar-refractivity contribution in [1.82, 2.24) is 5.32 Å². The number of nitrogens with one attached hydrogen (secondary N) is 1. The number of aliphatic hydroxyl groups excluding tert-OH is 4. The maximum atomic E-state index is 12.6. The molecular formula is C57H109NO5. The van der Waals surface area contributed by atoms with Crippen molar-refractivity contribution in [2.45, 2.75) is 314 Å². The molecule has 0 spiro atoms. The molecule has 0 heterocycles. The molecule has 1 amide bonds. The minimum Gasteiger partial charge on any atom is -0.394 e. The Kier molecular flexibility index (Phi) is 50.3. The molecule has 0 saturated carbocycles. The average Bonchev–Trinajstić information content (AvgIpc) is 3.29. The molecule has 0 aromatic rings. The van der Waals surface area contributed by atoms with E-state index in [-0.39, 0.29) is 0 Å². The Balaban J connectivity index is 3.70. The number of amides is 1. The lowest BCUT2D eigenvalue weighted by molar-refractivity contribution is -0.132. The Morgan fingerprint density at radius 1 is 0.381 bits per heavy atom. The highest BCUT2D eigenvalue weighted by Crippen LogP contribution is 2.17. The molecule has 4 unspecified atom stereocenters. The van der Waals surface area contributed by atoms with Crippen LogP contribution in [0.15, 0.2) is 36.5 Å². The van der Waals surface area contributed by atoms with Crippen molar-refractivity contribution >= 4 is 5.91 Å². The molecule has 6 heteroatoms. The van der Waals surface area contributed by atoms with Gasteiger partial charge in [-0.1, -0.05) is 262 Å². The van der Waals surface area contributed by atoms with Gasteiger partial charge in [0.05, 0.1) is 18.8 Å². The van der Waals surface area contributed by atoms with Crippen LogP contribution in [0, 0.1) is 0 Å². The summed E-state index contributed by atoms with van der Waals surface area (Å²) >= 11 is 0. The molecule has 0 rings (SSSR count). The number of hydrogen-bond acceptors (Lipinski definition) is 5. The quantitative estimate of drug-likeness (QED) is 0.0309. The predicted octanol–water partition coefficient (Wildman–Crippen LogP) is 16.0. The summed E-state index contributed by atoms with van der Waals surface area (Å²) in [6.07, 6.45) is 63.5. The zero-order chi connectivity index (χ0) is 45.9. The lowest BCUT2D eigenvalue weighted by atomic mass is 10.00. The van der Waals surface area contributed by atoms with Crippen LogP contribution in [0.1, 0.15) is 290 Å². The molecule has 5 N–H and O–H groups in total. The summed E-state index contributed by atoms with van der Waals surface area (Å²) in [5, 5.41) is 43.9. The molecule has 0 aromatic carbocycles. The summed E-state index contributed by atoms with van der Waals surface area (Å²) < 4.78 is 0. The molecule has 372 valence electrons. The highest BCUT2D eigenvalue weighted by atomic mass is 16.3. The number of rotatable bonds is 51. The SMILES string of the molecule is CCCCCCCCCCCC/C=C/CC/C=C/CC/C=C/CCCC(O)C(O)C(CO)NC(=O)C(O)CCCCCCCCCCCCCCCCCCCCCCCCCC. The Bertz CT molecular complexity index is 997. The van der Waals surface area contributed by atoms with Gasteiger partial charge in [0.1, 0.15) is 12.2 Å². The van der Waals surface area contributed by atoms with Gasteiger partial charge < -0.3 is 25.7 Å². The summed E-state index contributed by atoms with van der Waals surface area (Å²) in [5.74, 6) is -0.595. The van der Waals surface area contributed by atoms with E-state index in [4.69, 9.17) is 0 Å². The fourth-order valence-electron chi connectivity index (χ4n) is 8.67. The van der Waals surface area contributed by atoms with Crippen molar-refractivity contribution in [2.75, 3.05) is 6.61 Å². The molecule has 0 aromatic heterocycles. The fourth-order valence-corrected chi connectivity index (χ4v) is 8.67. The first-order valence-corrected chi connectivity index (χ1v) is 27.9. The van der Waals surface area contributed by atoms with E-state index in [2.05, 4.69) is 55.6 Å². The van der Waals surface area contributed by atoms with Crippen LogP contribution >= 0.6 is 0 Å². The summed E-state index contributed by atoms with van der Waals surface area (Å²) in [4.78, 5) is 12.6. The van der Waals surface area contributed by atoms with Crippen LogP contribution in [-0.2, 0) is 4.79 Å². The van der Waals surface area contributed by atoms with Gasteiger partial charge in [0.25, 0.3) is 0 Å². The van der Waals surface area contributed by atoms with Crippen molar-refractivity contribution in [1.29, 1.82) is 0 Å². The average molecular weight is 889 g/mol. The van der Waals surface area contributed by atoms with Crippen molar-refractivity contribution < 1.29 is 25.2 Å². The van der Waals surface area contributed by atoms with Gasteiger partial charge in [-0.3, -0.25) is 4.79 Å². The summed E-state index contributed by atoms with van der Waals surface area (Å²) in [5.41, 5.74) is 0. The number of allylic oxidation sites excluding steroid dienone is 6. The topological polar surface area (TPSA) is 110 Å². The highest BCUT2D eigenvalue weighted by Gasteiger charge is 2.28. The second kappa shape index (κ2) is 51.5. The molecule has 0 radical (unpaired) electrons. The van der Waals surface area contributed by atoms with Crippen LogP contribution in [0.3, 0.4) is 0 Å². The van der Waals surface area contributed by atoms with Crippen LogP contribution in [-0.4, -0.2) is 57.3 Å². The van der Waals surface area contributed by atoms with Crippen LogP contribution in [0.25, 0.3) is 0 Å². The van der Waals surface area contributed by atoms with Crippen LogP contribution in [0.5, 0.6) is 0 Å². The molecule has 0 aliphatic rings. The minimum absolute atomic E-state index is 0.362. The summed E-state index contributed by atoms with van der Waals surface area (Å²) in [6.45, 7) is 4.07. The van der Waals surface area contributed by atoms with Gasteiger partial charge in [0, 0.05) is 0 Å². The minimum atomic E-state index is -1.29. The lowest BCUT2D eigenvalue weighted by Gasteiger charge is -2.27. The molecule has 6 nitrogen and oxygen atoms in total. The van der Waals surface area contributed by atoms with E-state index in [9.17, 15) is 25.2 Å². The van der Waals surface area contributed by atoms with Gasteiger partial charge >= 0.3 is 0 Å². The van der Waals surface area contributed by atoms with E-state index in [0.29, 0.717) is 19.3 Å². The molecule has 0 saturated heterocycles. The first kappa shape index (κ1) is 61.5. The third-order valence-electron chi connectivity index (χ3n) is 13.1. The van der Waals surface area contributed by atoms with Crippen molar-refractivity contribution in [3.05, 3.63) is 36.5 Å². The normalized spacial score (nSPS) is 14.1. The molecule has 0 aliphatic heterocycles. The second-order valence-electron chi connectivity index (χ2n) is 19.3. The zero-order valence-corrected chi connectivity index (χ0v) is 42.1. The lowest BCUT2D eigenvalue weighted by Crippen LogP contribution is -2.53. The smallest absolute Gasteiger partial charge is 0.249 e. The Labute approximate surface area is 392 Å². The predicted molar refractivity (Wildman–Crippen MR) is 274 cm³/mol. The number of aliphatic hydroxyl groups is 4. The Hall–Kier alpha value is -1.47. The van der Waals surface area contributed by atoms with Gasteiger partial charge in [-0.2, -0.15) is 0 Å². The maximum Gasteiger partial charge on any atom is 0.249 e. The van der Waals surface area contributed by atoms with Crippen LogP contribution in [0.4, 0.5) is 0 Å². The fraction of sp³-hybridized carbons (Fsp3) is 0.877. The monoisotopic (exact) mass is 888 g/mol. The Morgan fingerprint density at radius 2 is 0.667 bits per heavy atom. The largest absolute Gasteiger partial charge is 0.394 e. The van der Waals surface area contributed by atoms with Crippen molar-refractivity contribution in [3.8, 4) is 0 Å². The standard InChI is InChI=1S/C57H109NO5/c1-3-5-7-9-11-13-15-17-19-21-23-25-27-29-31-33-35-37-39-41-43-45-47-49-51-55(61)57(63)58-53(52-59)56(62)54(60)50-48-46-44-42-40-38-36-34-32-30-28-26-24-22-20-18-16-14-12-10-8-6-4-2/h26,28,34,36,42,44,53-56,59-62H,3-25,27,29-33,35,37-41,43,45-52H2,1-2H3,(H,58,63)/b28-26+,36-34+,44-42+. The summed E-state index contributed by atoms with van der Waals surface area (Å²) in [7, 11) is 0. The Morgan fingerprint density at radius 3 is 1.00 bits per heavy atom. The van der Waals surface area contributed by atoms with Crippen molar-refractivity contribution in [3.63, 3.8) is 0 Å². The molecule has 0 aliphatic carbocycles. The van der Waals surface area contributed by atoms with E-state index in [0.717, 1.165) is 51.4 Å². The van der Waals surface area contributed by atoms with Gasteiger partial charge in [0.15, 0.2) is 0 Å². The zero-order valence-electron chi connectivity index (χ0n) is 42.1. The van der Waals surface area contributed by atoms with Crippen LogP contribution in [0.2, 0.25) is 0 Å². The second-order valence-corrected chi connectivity index (χ2v) is 19.3. The number of unbranched alkanes of at least 4 members (excludes halogenated alkanes) is 36.